The van der Waals surface area contributed by atoms with Crippen LogP contribution in [0.4, 0.5) is 13.6 Å². The maximum absolute atomic E-state index is 13.9. The number of benzene rings is 1. The smallest absolute Gasteiger partial charge is 0.410 e. The van der Waals surface area contributed by atoms with Gasteiger partial charge in [-0.3, -0.25) is 0 Å². The molecule has 1 atom stereocenters. The number of nitrogens with zero attached hydrogens (tertiary/aromatic N) is 1. The standard InChI is InChI=1S/C16H22F2N2O3/c1-3-11-9-19-5-6-20(11)16(21)23-10-13-14(17)7-12(22-4-2)8-15(13)18/h7-8,11,19H,3-6,9-10H2,1-2H3. The van der Waals surface area contributed by atoms with E-state index in [4.69, 9.17) is 9.47 Å². The molecule has 7 heteroatoms. The van der Waals surface area contributed by atoms with E-state index in [1.807, 2.05) is 6.92 Å². The van der Waals surface area contributed by atoms with Crippen LogP contribution in [0.2, 0.25) is 0 Å². The lowest BCUT2D eigenvalue weighted by atomic mass is 10.1. The summed E-state index contributed by atoms with van der Waals surface area (Å²) in [7, 11) is 0. The second-order valence-corrected chi connectivity index (χ2v) is 5.31. The Bertz CT molecular complexity index is 531. The maximum atomic E-state index is 13.9. The number of hydrogen-bond acceptors (Lipinski definition) is 4. The quantitative estimate of drug-likeness (QED) is 0.903. The van der Waals surface area contributed by atoms with Crippen molar-refractivity contribution in [2.45, 2.75) is 32.9 Å². The highest BCUT2D eigenvalue weighted by atomic mass is 19.1. The fraction of sp³-hybridized carbons (Fsp3) is 0.562. The summed E-state index contributed by atoms with van der Waals surface area (Å²) in [5, 5.41) is 3.20. The summed E-state index contributed by atoms with van der Waals surface area (Å²) in [4.78, 5) is 13.7. The van der Waals surface area contributed by atoms with Gasteiger partial charge in [0.1, 0.15) is 24.0 Å². The van der Waals surface area contributed by atoms with Crippen molar-refractivity contribution < 1.29 is 23.0 Å². The average molecular weight is 328 g/mol. The molecule has 0 aromatic heterocycles. The highest BCUT2D eigenvalue weighted by Crippen LogP contribution is 2.22. The van der Waals surface area contributed by atoms with Crippen LogP contribution in [0.3, 0.4) is 0 Å². The number of rotatable bonds is 5. The summed E-state index contributed by atoms with van der Waals surface area (Å²) < 4.78 is 38.0. The third kappa shape index (κ3) is 4.31. The normalized spacial score (nSPS) is 17.9. The minimum absolute atomic E-state index is 0.0336. The lowest BCUT2D eigenvalue weighted by Gasteiger charge is -2.34. The third-order valence-electron chi connectivity index (χ3n) is 3.82. The van der Waals surface area contributed by atoms with Crippen LogP contribution in [0.5, 0.6) is 5.75 Å². The number of carbonyl (C=O) groups is 1. The Labute approximate surface area is 134 Å². The average Bonchev–Trinajstić information content (AvgIpc) is 2.54. The van der Waals surface area contributed by atoms with Gasteiger partial charge >= 0.3 is 6.09 Å². The van der Waals surface area contributed by atoms with Crippen molar-refractivity contribution in [3.05, 3.63) is 29.3 Å². The molecule has 1 aromatic rings. The molecular weight excluding hydrogens is 306 g/mol. The number of hydrogen-bond donors (Lipinski definition) is 1. The fourth-order valence-corrected chi connectivity index (χ4v) is 2.55. The van der Waals surface area contributed by atoms with Crippen LogP contribution >= 0.6 is 0 Å². The minimum Gasteiger partial charge on any atom is -0.494 e. The molecule has 0 radical (unpaired) electrons. The molecule has 23 heavy (non-hydrogen) atoms. The molecule has 2 rings (SSSR count). The second-order valence-electron chi connectivity index (χ2n) is 5.31. The molecule has 0 bridgehead atoms. The lowest BCUT2D eigenvalue weighted by molar-refractivity contribution is 0.0699. The van der Waals surface area contributed by atoms with Gasteiger partial charge in [-0.1, -0.05) is 6.92 Å². The van der Waals surface area contributed by atoms with Crippen LogP contribution in [-0.2, 0) is 11.3 Å². The molecule has 1 aliphatic rings. The Morgan fingerprint density at radius 2 is 2.04 bits per heavy atom. The molecule has 1 amide bonds. The summed E-state index contributed by atoms with van der Waals surface area (Å²) in [5.74, 6) is -1.45. The van der Waals surface area contributed by atoms with Crippen LogP contribution in [0.25, 0.3) is 0 Å². The molecule has 0 spiro atoms. The van der Waals surface area contributed by atoms with Gasteiger partial charge in [-0.25, -0.2) is 13.6 Å². The van der Waals surface area contributed by atoms with E-state index in [9.17, 15) is 13.6 Å². The van der Waals surface area contributed by atoms with Gasteiger partial charge in [0, 0.05) is 37.8 Å². The summed E-state index contributed by atoms with van der Waals surface area (Å²) >= 11 is 0. The highest BCUT2D eigenvalue weighted by molar-refractivity contribution is 5.68. The highest BCUT2D eigenvalue weighted by Gasteiger charge is 2.26. The van der Waals surface area contributed by atoms with Crippen LogP contribution in [0.15, 0.2) is 12.1 Å². The predicted molar refractivity (Wildman–Crippen MR) is 81.4 cm³/mol. The molecule has 0 saturated carbocycles. The van der Waals surface area contributed by atoms with Gasteiger partial charge < -0.3 is 19.7 Å². The molecule has 1 N–H and O–H groups in total. The van der Waals surface area contributed by atoms with E-state index in [-0.39, 0.29) is 17.4 Å². The van der Waals surface area contributed by atoms with Crippen molar-refractivity contribution in [3.8, 4) is 5.75 Å². The zero-order chi connectivity index (χ0) is 16.8. The number of ether oxygens (including phenoxy) is 2. The molecule has 1 fully saturated rings. The first kappa shape index (κ1) is 17.5. The maximum Gasteiger partial charge on any atom is 0.410 e. The van der Waals surface area contributed by atoms with E-state index < -0.39 is 24.3 Å². The van der Waals surface area contributed by atoms with Crippen LogP contribution < -0.4 is 10.1 Å². The molecule has 1 unspecified atom stereocenters. The van der Waals surface area contributed by atoms with Gasteiger partial charge in [0.2, 0.25) is 0 Å². The van der Waals surface area contributed by atoms with E-state index in [1.165, 1.54) is 0 Å². The van der Waals surface area contributed by atoms with Gasteiger partial charge in [0.15, 0.2) is 0 Å². The van der Waals surface area contributed by atoms with Crippen LogP contribution in [0, 0.1) is 11.6 Å². The lowest BCUT2D eigenvalue weighted by Crippen LogP contribution is -2.53. The van der Waals surface area contributed by atoms with Gasteiger partial charge in [0.05, 0.1) is 12.2 Å². The predicted octanol–water partition coefficient (Wildman–Crippen LogP) is 2.68. The van der Waals surface area contributed by atoms with Gasteiger partial charge in [0.25, 0.3) is 0 Å². The zero-order valence-corrected chi connectivity index (χ0v) is 13.4. The van der Waals surface area contributed by atoms with Crippen molar-refractivity contribution in [2.24, 2.45) is 0 Å². The van der Waals surface area contributed by atoms with Crippen LogP contribution in [-0.4, -0.2) is 43.3 Å². The molecule has 128 valence electrons. The van der Waals surface area contributed by atoms with E-state index in [0.717, 1.165) is 18.6 Å². The van der Waals surface area contributed by atoms with Crippen molar-refractivity contribution in [1.82, 2.24) is 10.2 Å². The first-order valence-electron chi connectivity index (χ1n) is 7.81. The fourth-order valence-electron chi connectivity index (χ4n) is 2.55. The van der Waals surface area contributed by atoms with E-state index in [2.05, 4.69) is 5.32 Å². The number of halogens is 2. The van der Waals surface area contributed by atoms with Gasteiger partial charge in [-0.2, -0.15) is 0 Å². The topological polar surface area (TPSA) is 50.8 Å². The number of carbonyl (C=O) groups excluding carboxylic acids is 1. The number of nitrogens with one attached hydrogen (secondary N) is 1. The number of amides is 1. The summed E-state index contributed by atoms with van der Waals surface area (Å²) in [6, 6.07) is 2.22. The van der Waals surface area contributed by atoms with Crippen molar-refractivity contribution in [1.29, 1.82) is 0 Å². The second kappa shape index (κ2) is 8.10. The van der Waals surface area contributed by atoms with E-state index in [0.29, 0.717) is 26.2 Å². The van der Waals surface area contributed by atoms with Crippen molar-refractivity contribution >= 4 is 6.09 Å². The van der Waals surface area contributed by atoms with Crippen LogP contribution in [0.1, 0.15) is 25.8 Å². The molecule has 1 heterocycles. The number of piperazine rings is 1. The molecule has 1 aromatic carbocycles. The minimum atomic E-state index is -0.784. The molecular formula is C16H22F2N2O3. The zero-order valence-electron chi connectivity index (χ0n) is 13.4. The summed E-state index contributed by atoms with van der Waals surface area (Å²) in [5.41, 5.74) is -0.273. The largest absolute Gasteiger partial charge is 0.494 e. The Hall–Kier alpha value is -1.89. The molecule has 5 nitrogen and oxygen atoms in total. The Morgan fingerprint density at radius 3 is 2.65 bits per heavy atom. The van der Waals surface area contributed by atoms with E-state index >= 15 is 0 Å². The van der Waals surface area contributed by atoms with Crippen molar-refractivity contribution in [2.75, 3.05) is 26.2 Å². The first-order valence-corrected chi connectivity index (χ1v) is 7.81. The monoisotopic (exact) mass is 328 g/mol. The Balaban J connectivity index is 2.01. The van der Waals surface area contributed by atoms with E-state index in [1.54, 1.807) is 11.8 Å². The van der Waals surface area contributed by atoms with Crippen molar-refractivity contribution in [3.63, 3.8) is 0 Å². The third-order valence-corrected chi connectivity index (χ3v) is 3.82. The Kier molecular flexibility index (Phi) is 6.15. The molecule has 1 aliphatic heterocycles. The SMILES string of the molecule is CCOc1cc(F)c(COC(=O)N2CCNCC2CC)c(F)c1. The van der Waals surface area contributed by atoms with Gasteiger partial charge in [-0.15, -0.1) is 0 Å². The molecule has 0 aliphatic carbocycles. The van der Waals surface area contributed by atoms with Gasteiger partial charge in [-0.05, 0) is 13.3 Å². The summed E-state index contributed by atoms with van der Waals surface area (Å²) in [6.07, 6.45) is 0.236. The summed E-state index contributed by atoms with van der Waals surface area (Å²) in [6.45, 7) is 5.46. The molecule has 1 saturated heterocycles. The Morgan fingerprint density at radius 1 is 1.35 bits per heavy atom. The first-order chi connectivity index (χ1) is 11.1.